The number of ether oxygens (including phenoxy) is 1. The number of nitrogens with one attached hydrogen (secondary N) is 2. The quantitative estimate of drug-likeness (QED) is 0.912. The summed E-state index contributed by atoms with van der Waals surface area (Å²) >= 11 is 0. The maximum Gasteiger partial charge on any atom is 0.319 e. The molecule has 2 aromatic rings. The van der Waals surface area contributed by atoms with E-state index in [1.807, 2.05) is 36.8 Å². The average molecular weight is 300 g/mol. The molecule has 0 radical (unpaired) electrons. The molecule has 6 nitrogen and oxygen atoms in total. The molecule has 1 aromatic heterocycles. The molecule has 2 N–H and O–H groups in total. The van der Waals surface area contributed by atoms with Crippen LogP contribution in [0.2, 0.25) is 0 Å². The predicted octanol–water partition coefficient (Wildman–Crippen LogP) is 2.81. The number of methoxy groups -OCH3 is 1. The summed E-state index contributed by atoms with van der Waals surface area (Å²) in [7, 11) is 1.62. The molecule has 3 rings (SSSR count). The summed E-state index contributed by atoms with van der Waals surface area (Å²) < 4.78 is 7.17. The Balaban J connectivity index is 1.58. The first-order valence-corrected chi connectivity index (χ1v) is 7.45. The van der Waals surface area contributed by atoms with E-state index in [1.165, 1.54) is 0 Å². The summed E-state index contributed by atoms with van der Waals surface area (Å²) in [6.07, 6.45) is 8.68. The van der Waals surface area contributed by atoms with Gasteiger partial charge in [0.05, 0.1) is 25.5 Å². The maximum atomic E-state index is 12.2. The van der Waals surface area contributed by atoms with E-state index in [-0.39, 0.29) is 18.1 Å². The van der Waals surface area contributed by atoms with Crippen molar-refractivity contribution in [2.45, 2.75) is 31.3 Å². The van der Waals surface area contributed by atoms with Gasteiger partial charge in [0.15, 0.2) is 0 Å². The van der Waals surface area contributed by atoms with Crippen LogP contribution in [0.1, 0.15) is 25.3 Å². The van der Waals surface area contributed by atoms with E-state index in [0.29, 0.717) is 0 Å². The number of hydrogen-bond acceptors (Lipinski definition) is 3. The van der Waals surface area contributed by atoms with Gasteiger partial charge in [-0.05, 0) is 43.5 Å². The number of hydrogen-bond donors (Lipinski definition) is 2. The molecule has 0 bridgehead atoms. The second-order valence-electron chi connectivity index (χ2n) is 5.44. The van der Waals surface area contributed by atoms with Crippen LogP contribution in [-0.4, -0.2) is 28.7 Å². The molecule has 0 aliphatic heterocycles. The van der Waals surface area contributed by atoms with Gasteiger partial charge >= 0.3 is 6.03 Å². The lowest BCUT2D eigenvalue weighted by molar-refractivity contribution is 0.245. The Morgan fingerprint density at radius 1 is 1.32 bits per heavy atom. The van der Waals surface area contributed by atoms with Gasteiger partial charge < -0.3 is 19.9 Å². The highest BCUT2D eigenvalue weighted by molar-refractivity contribution is 5.89. The minimum absolute atomic E-state index is 0.132. The molecule has 2 atom stereocenters. The third-order valence-electron chi connectivity index (χ3n) is 4.05. The van der Waals surface area contributed by atoms with Gasteiger partial charge in [-0.3, -0.25) is 0 Å². The van der Waals surface area contributed by atoms with E-state index in [1.54, 1.807) is 13.3 Å². The molecule has 0 saturated heterocycles. The molecular weight excluding hydrogens is 280 g/mol. The van der Waals surface area contributed by atoms with E-state index >= 15 is 0 Å². The molecule has 2 amide bonds. The van der Waals surface area contributed by atoms with E-state index < -0.39 is 0 Å². The number of carbonyl (C=O) groups excluding carboxylic acids is 1. The van der Waals surface area contributed by atoms with E-state index in [2.05, 4.69) is 20.2 Å². The third-order valence-corrected chi connectivity index (χ3v) is 4.05. The first-order chi connectivity index (χ1) is 10.8. The summed E-state index contributed by atoms with van der Waals surface area (Å²) in [6.45, 7) is 0. The van der Waals surface area contributed by atoms with Crippen molar-refractivity contribution in [3.8, 4) is 5.75 Å². The molecule has 1 aromatic carbocycles. The van der Waals surface area contributed by atoms with Crippen molar-refractivity contribution in [3.63, 3.8) is 0 Å². The highest BCUT2D eigenvalue weighted by Gasteiger charge is 2.29. The summed E-state index contributed by atoms with van der Waals surface area (Å²) in [5.41, 5.74) is 0.746. The van der Waals surface area contributed by atoms with Crippen LogP contribution < -0.4 is 15.4 Å². The lowest BCUT2D eigenvalue weighted by atomic mass is 10.2. The fourth-order valence-electron chi connectivity index (χ4n) is 2.94. The van der Waals surface area contributed by atoms with Gasteiger partial charge in [0, 0.05) is 18.1 Å². The average Bonchev–Trinajstić information content (AvgIpc) is 3.18. The van der Waals surface area contributed by atoms with Gasteiger partial charge in [-0.15, -0.1) is 0 Å². The summed E-state index contributed by atoms with van der Waals surface area (Å²) in [5, 5.41) is 5.92. The van der Waals surface area contributed by atoms with E-state index in [0.717, 1.165) is 30.7 Å². The van der Waals surface area contributed by atoms with Crippen molar-refractivity contribution in [2.75, 3.05) is 12.4 Å². The molecule has 1 saturated carbocycles. The highest BCUT2D eigenvalue weighted by atomic mass is 16.5. The molecule has 0 unspecified atom stereocenters. The SMILES string of the molecule is COc1ccc(NC(=O)N[C@H]2CCC[C@@H]2n2ccnc2)cc1. The third kappa shape index (κ3) is 3.21. The number of imidazole rings is 1. The van der Waals surface area contributed by atoms with Crippen LogP contribution in [0.4, 0.5) is 10.5 Å². The Bertz CT molecular complexity index is 610. The predicted molar refractivity (Wildman–Crippen MR) is 84.1 cm³/mol. The van der Waals surface area contributed by atoms with Crippen molar-refractivity contribution < 1.29 is 9.53 Å². The maximum absolute atomic E-state index is 12.2. The number of rotatable bonds is 4. The number of urea groups is 1. The number of aromatic nitrogens is 2. The Labute approximate surface area is 129 Å². The minimum atomic E-state index is -0.179. The Kier molecular flexibility index (Phi) is 4.27. The smallest absolute Gasteiger partial charge is 0.319 e. The molecule has 116 valence electrons. The second-order valence-corrected chi connectivity index (χ2v) is 5.44. The number of amides is 2. The van der Waals surface area contributed by atoms with Gasteiger partial charge in [0.2, 0.25) is 0 Å². The van der Waals surface area contributed by atoms with Crippen LogP contribution in [0.3, 0.4) is 0 Å². The van der Waals surface area contributed by atoms with Crippen LogP contribution in [0.25, 0.3) is 0 Å². The van der Waals surface area contributed by atoms with Gasteiger partial charge in [0.1, 0.15) is 5.75 Å². The molecule has 22 heavy (non-hydrogen) atoms. The molecule has 1 heterocycles. The molecule has 1 aliphatic carbocycles. The van der Waals surface area contributed by atoms with Crippen LogP contribution in [0, 0.1) is 0 Å². The first kappa shape index (κ1) is 14.4. The Morgan fingerprint density at radius 3 is 2.82 bits per heavy atom. The Morgan fingerprint density at radius 2 is 2.14 bits per heavy atom. The van der Waals surface area contributed by atoms with Crippen molar-refractivity contribution in [1.29, 1.82) is 0 Å². The fourth-order valence-corrected chi connectivity index (χ4v) is 2.94. The fraction of sp³-hybridized carbons (Fsp3) is 0.375. The molecule has 1 aliphatic rings. The summed E-state index contributed by atoms with van der Waals surface area (Å²) in [5.74, 6) is 0.766. The monoisotopic (exact) mass is 300 g/mol. The number of carbonyl (C=O) groups is 1. The molecule has 6 heteroatoms. The van der Waals surface area contributed by atoms with E-state index in [4.69, 9.17) is 4.74 Å². The zero-order valence-corrected chi connectivity index (χ0v) is 12.5. The standard InChI is InChI=1S/C16H20N4O2/c1-22-13-7-5-12(6-8-13)18-16(21)19-14-3-2-4-15(14)20-10-9-17-11-20/h5-11,14-15H,2-4H2,1H3,(H2,18,19,21)/t14-,15-/m0/s1. The van der Waals surface area contributed by atoms with Crippen molar-refractivity contribution >= 4 is 11.7 Å². The normalized spacial score (nSPS) is 20.6. The summed E-state index contributed by atoms with van der Waals surface area (Å²) in [6, 6.07) is 7.51. The zero-order valence-electron chi connectivity index (χ0n) is 12.5. The lowest BCUT2D eigenvalue weighted by Gasteiger charge is -2.22. The van der Waals surface area contributed by atoms with Gasteiger partial charge in [-0.25, -0.2) is 9.78 Å². The van der Waals surface area contributed by atoms with Gasteiger partial charge in [-0.1, -0.05) is 0 Å². The highest BCUT2D eigenvalue weighted by Crippen LogP contribution is 2.29. The lowest BCUT2D eigenvalue weighted by Crippen LogP contribution is -2.40. The van der Waals surface area contributed by atoms with Crippen molar-refractivity contribution in [3.05, 3.63) is 43.0 Å². The zero-order chi connectivity index (χ0) is 15.4. The van der Waals surface area contributed by atoms with Crippen LogP contribution >= 0.6 is 0 Å². The Hall–Kier alpha value is -2.50. The van der Waals surface area contributed by atoms with Crippen molar-refractivity contribution in [1.82, 2.24) is 14.9 Å². The van der Waals surface area contributed by atoms with E-state index in [9.17, 15) is 4.79 Å². The number of benzene rings is 1. The number of nitrogens with zero attached hydrogens (tertiary/aromatic N) is 2. The minimum Gasteiger partial charge on any atom is -0.497 e. The van der Waals surface area contributed by atoms with Gasteiger partial charge in [-0.2, -0.15) is 0 Å². The molecule has 1 fully saturated rings. The number of anilines is 1. The largest absolute Gasteiger partial charge is 0.497 e. The second kappa shape index (κ2) is 6.51. The molecule has 0 spiro atoms. The topological polar surface area (TPSA) is 68.2 Å². The molecular formula is C16H20N4O2. The summed E-state index contributed by atoms with van der Waals surface area (Å²) in [4.78, 5) is 16.2. The van der Waals surface area contributed by atoms with Gasteiger partial charge in [0.25, 0.3) is 0 Å². The van der Waals surface area contributed by atoms with Crippen LogP contribution in [0.15, 0.2) is 43.0 Å². The van der Waals surface area contributed by atoms with Crippen LogP contribution in [0.5, 0.6) is 5.75 Å². The van der Waals surface area contributed by atoms with Crippen LogP contribution in [-0.2, 0) is 0 Å². The first-order valence-electron chi connectivity index (χ1n) is 7.45. The van der Waals surface area contributed by atoms with Crippen molar-refractivity contribution in [2.24, 2.45) is 0 Å².